The minimum atomic E-state index is -1.04. The quantitative estimate of drug-likeness (QED) is 0.806. The molecular formula is C11H13FO3. The standard InChI is InChI=1S/C11H13FO3/c1-14-10-6-8(12)2-3-9(10)11(13)4-5-15-7-11/h2-3,6,13H,4-5,7H2,1H3. The number of halogens is 1. The summed E-state index contributed by atoms with van der Waals surface area (Å²) in [6, 6.07) is 4.13. The summed E-state index contributed by atoms with van der Waals surface area (Å²) in [6.07, 6.45) is 0.509. The van der Waals surface area contributed by atoms with Crippen molar-refractivity contribution in [2.75, 3.05) is 20.3 Å². The Bertz CT molecular complexity index is 359. The number of benzene rings is 1. The molecule has 3 nitrogen and oxygen atoms in total. The Morgan fingerprint density at radius 3 is 2.93 bits per heavy atom. The van der Waals surface area contributed by atoms with Crippen molar-refractivity contribution in [2.24, 2.45) is 0 Å². The highest BCUT2D eigenvalue weighted by Gasteiger charge is 2.36. The van der Waals surface area contributed by atoms with Gasteiger partial charge in [-0.05, 0) is 12.1 Å². The Balaban J connectivity index is 2.42. The van der Waals surface area contributed by atoms with E-state index in [9.17, 15) is 9.50 Å². The summed E-state index contributed by atoms with van der Waals surface area (Å²) in [5, 5.41) is 10.2. The third kappa shape index (κ3) is 1.82. The van der Waals surface area contributed by atoms with E-state index in [4.69, 9.17) is 9.47 Å². The molecule has 0 bridgehead atoms. The minimum Gasteiger partial charge on any atom is -0.496 e. The summed E-state index contributed by atoms with van der Waals surface area (Å²) in [6.45, 7) is 0.742. The summed E-state index contributed by atoms with van der Waals surface area (Å²) >= 11 is 0. The topological polar surface area (TPSA) is 38.7 Å². The van der Waals surface area contributed by atoms with Crippen LogP contribution in [0, 0.1) is 5.82 Å². The molecule has 1 aliphatic rings. The molecule has 1 aromatic rings. The minimum absolute atomic E-state index is 0.231. The third-order valence-corrected chi connectivity index (χ3v) is 2.67. The van der Waals surface area contributed by atoms with E-state index in [-0.39, 0.29) is 12.4 Å². The Morgan fingerprint density at radius 1 is 1.53 bits per heavy atom. The first-order valence-electron chi connectivity index (χ1n) is 4.80. The summed E-state index contributed by atoms with van der Waals surface area (Å²) in [5.74, 6) is -0.0129. The number of hydrogen-bond acceptors (Lipinski definition) is 3. The molecule has 0 aliphatic carbocycles. The molecule has 82 valence electrons. The first kappa shape index (κ1) is 10.4. The van der Waals surface area contributed by atoms with E-state index in [1.165, 1.54) is 19.2 Å². The van der Waals surface area contributed by atoms with E-state index in [0.717, 1.165) is 0 Å². The highest BCUT2D eigenvalue weighted by atomic mass is 19.1. The average molecular weight is 212 g/mol. The van der Waals surface area contributed by atoms with Crippen molar-refractivity contribution >= 4 is 0 Å². The van der Waals surface area contributed by atoms with Gasteiger partial charge in [0.2, 0.25) is 0 Å². The number of rotatable bonds is 2. The third-order valence-electron chi connectivity index (χ3n) is 2.67. The van der Waals surface area contributed by atoms with Crippen LogP contribution in [0.25, 0.3) is 0 Å². The normalized spacial score (nSPS) is 25.5. The van der Waals surface area contributed by atoms with Crippen LogP contribution in [0.1, 0.15) is 12.0 Å². The van der Waals surface area contributed by atoms with E-state index in [1.54, 1.807) is 6.07 Å². The molecule has 4 heteroatoms. The highest BCUT2D eigenvalue weighted by molar-refractivity contribution is 5.39. The Kier molecular flexibility index (Phi) is 2.63. The summed E-state index contributed by atoms with van der Waals surface area (Å²) in [7, 11) is 1.46. The fourth-order valence-corrected chi connectivity index (χ4v) is 1.82. The van der Waals surface area contributed by atoms with Gasteiger partial charge in [-0.2, -0.15) is 0 Å². The Labute approximate surface area is 87.4 Å². The van der Waals surface area contributed by atoms with Crippen molar-refractivity contribution < 1.29 is 19.0 Å². The highest BCUT2D eigenvalue weighted by Crippen LogP contribution is 2.36. The largest absolute Gasteiger partial charge is 0.496 e. The molecule has 0 aromatic heterocycles. The molecule has 1 aromatic carbocycles. The molecule has 0 radical (unpaired) electrons. The van der Waals surface area contributed by atoms with Gasteiger partial charge in [-0.1, -0.05) is 0 Å². The molecule has 2 rings (SSSR count). The van der Waals surface area contributed by atoms with Crippen LogP contribution in [0.2, 0.25) is 0 Å². The van der Waals surface area contributed by atoms with Crippen LogP contribution in [0.3, 0.4) is 0 Å². The van der Waals surface area contributed by atoms with Crippen LogP contribution in [-0.2, 0) is 10.3 Å². The molecule has 1 saturated heterocycles. The van der Waals surface area contributed by atoms with Crippen molar-refractivity contribution in [2.45, 2.75) is 12.0 Å². The lowest BCUT2D eigenvalue weighted by Gasteiger charge is -2.23. The Hall–Kier alpha value is -1.13. The summed E-state index contributed by atoms with van der Waals surface area (Å²) < 4.78 is 23.1. The van der Waals surface area contributed by atoms with E-state index in [0.29, 0.717) is 24.3 Å². The second kappa shape index (κ2) is 3.79. The zero-order chi connectivity index (χ0) is 10.9. The second-order valence-corrected chi connectivity index (χ2v) is 3.68. The van der Waals surface area contributed by atoms with Crippen LogP contribution in [0.15, 0.2) is 18.2 Å². The monoisotopic (exact) mass is 212 g/mol. The van der Waals surface area contributed by atoms with Gasteiger partial charge in [-0.15, -0.1) is 0 Å². The molecule has 1 atom stereocenters. The predicted molar refractivity (Wildman–Crippen MR) is 52.3 cm³/mol. The molecule has 1 heterocycles. The maximum absolute atomic E-state index is 13.0. The lowest BCUT2D eigenvalue weighted by molar-refractivity contribution is 0.0211. The van der Waals surface area contributed by atoms with Gasteiger partial charge < -0.3 is 14.6 Å². The number of ether oxygens (including phenoxy) is 2. The van der Waals surface area contributed by atoms with Crippen LogP contribution < -0.4 is 4.74 Å². The van der Waals surface area contributed by atoms with Crippen molar-refractivity contribution in [1.29, 1.82) is 0 Å². The van der Waals surface area contributed by atoms with Crippen LogP contribution in [-0.4, -0.2) is 25.4 Å². The van der Waals surface area contributed by atoms with Gasteiger partial charge in [0.1, 0.15) is 17.2 Å². The van der Waals surface area contributed by atoms with E-state index >= 15 is 0 Å². The van der Waals surface area contributed by atoms with Crippen molar-refractivity contribution in [1.82, 2.24) is 0 Å². The Morgan fingerprint density at radius 2 is 2.33 bits per heavy atom. The van der Waals surface area contributed by atoms with Gasteiger partial charge in [-0.25, -0.2) is 4.39 Å². The number of methoxy groups -OCH3 is 1. The van der Waals surface area contributed by atoms with E-state index < -0.39 is 5.60 Å². The molecular weight excluding hydrogens is 199 g/mol. The van der Waals surface area contributed by atoms with E-state index in [2.05, 4.69) is 0 Å². The van der Waals surface area contributed by atoms with Gasteiger partial charge in [0.25, 0.3) is 0 Å². The first-order chi connectivity index (χ1) is 7.15. The lowest BCUT2D eigenvalue weighted by atomic mass is 9.92. The molecule has 0 spiro atoms. The molecule has 1 unspecified atom stereocenters. The smallest absolute Gasteiger partial charge is 0.127 e. The molecule has 0 amide bonds. The molecule has 1 fully saturated rings. The maximum atomic E-state index is 13.0. The number of aliphatic hydroxyl groups is 1. The van der Waals surface area contributed by atoms with Crippen LogP contribution in [0.5, 0.6) is 5.75 Å². The zero-order valence-electron chi connectivity index (χ0n) is 8.50. The maximum Gasteiger partial charge on any atom is 0.127 e. The first-order valence-corrected chi connectivity index (χ1v) is 4.80. The predicted octanol–water partition coefficient (Wildman–Crippen LogP) is 1.44. The van der Waals surface area contributed by atoms with Gasteiger partial charge in [0.15, 0.2) is 0 Å². The van der Waals surface area contributed by atoms with Gasteiger partial charge in [0, 0.05) is 24.7 Å². The van der Waals surface area contributed by atoms with Crippen molar-refractivity contribution in [3.05, 3.63) is 29.6 Å². The number of hydrogen-bond donors (Lipinski definition) is 1. The lowest BCUT2D eigenvalue weighted by Crippen LogP contribution is -2.26. The summed E-state index contributed by atoms with van der Waals surface area (Å²) in [4.78, 5) is 0. The fourth-order valence-electron chi connectivity index (χ4n) is 1.82. The van der Waals surface area contributed by atoms with Crippen molar-refractivity contribution in [3.8, 4) is 5.75 Å². The van der Waals surface area contributed by atoms with Crippen LogP contribution >= 0.6 is 0 Å². The summed E-state index contributed by atoms with van der Waals surface area (Å²) in [5.41, 5.74) is -0.456. The van der Waals surface area contributed by atoms with Crippen molar-refractivity contribution in [3.63, 3.8) is 0 Å². The van der Waals surface area contributed by atoms with E-state index in [1.807, 2.05) is 0 Å². The van der Waals surface area contributed by atoms with Crippen LogP contribution in [0.4, 0.5) is 4.39 Å². The zero-order valence-corrected chi connectivity index (χ0v) is 8.50. The molecule has 1 N–H and O–H groups in total. The molecule has 0 saturated carbocycles. The fraction of sp³-hybridized carbons (Fsp3) is 0.455. The van der Waals surface area contributed by atoms with Gasteiger partial charge in [0.05, 0.1) is 13.7 Å². The van der Waals surface area contributed by atoms with Gasteiger partial charge >= 0.3 is 0 Å². The average Bonchev–Trinajstić information content (AvgIpc) is 2.66. The van der Waals surface area contributed by atoms with Gasteiger partial charge in [-0.3, -0.25) is 0 Å². The SMILES string of the molecule is COc1cc(F)ccc1C1(O)CCOC1. The molecule has 1 aliphatic heterocycles. The second-order valence-electron chi connectivity index (χ2n) is 3.68. The molecule has 15 heavy (non-hydrogen) atoms.